The van der Waals surface area contributed by atoms with Crippen molar-refractivity contribution < 1.29 is 29.0 Å². The van der Waals surface area contributed by atoms with Gasteiger partial charge in [0.25, 0.3) is 0 Å². The molecule has 1 aromatic carbocycles. The van der Waals surface area contributed by atoms with E-state index in [1.807, 2.05) is 0 Å². The number of carbonyl (C=O) groups is 3. The lowest BCUT2D eigenvalue weighted by molar-refractivity contribution is -0.149. The van der Waals surface area contributed by atoms with Gasteiger partial charge in [-0.25, -0.2) is 9.59 Å². The van der Waals surface area contributed by atoms with E-state index >= 15 is 0 Å². The summed E-state index contributed by atoms with van der Waals surface area (Å²) in [4.78, 5) is 38.4. The topological polar surface area (TPSA) is 93.1 Å². The molecule has 1 unspecified atom stereocenters. The van der Waals surface area contributed by atoms with Crippen molar-refractivity contribution in [3.63, 3.8) is 0 Å². The Morgan fingerprint density at radius 2 is 1.81 bits per heavy atom. The number of ether oxygens (including phenoxy) is 2. The molecule has 26 heavy (non-hydrogen) atoms. The number of carboxylic acids is 1. The number of ketones is 1. The van der Waals surface area contributed by atoms with Gasteiger partial charge in [-0.05, 0) is 57.9 Å². The average molecular weight is 363 g/mol. The monoisotopic (exact) mass is 363 g/mol. The number of nitrogens with zero attached hydrogens (tertiary/aromatic N) is 1. The molecular weight excluding hydrogens is 338 g/mol. The van der Waals surface area contributed by atoms with E-state index in [0.29, 0.717) is 17.7 Å². The third kappa shape index (κ3) is 4.15. The molecule has 2 rings (SSSR count). The number of likely N-dealkylation sites (tertiary alicyclic amines) is 1. The minimum Gasteiger partial charge on any atom is -0.497 e. The molecule has 7 heteroatoms. The Morgan fingerprint density at radius 3 is 2.31 bits per heavy atom. The molecule has 1 heterocycles. The van der Waals surface area contributed by atoms with Crippen molar-refractivity contribution in [2.75, 3.05) is 13.7 Å². The van der Waals surface area contributed by atoms with Crippen LogP contribution in [0.25, 0.3) is 0 Å². The highest BCUT2D eigenvalue weighted by Gasteiger charge is 2.52. The van der Waals surface area contributed by atoms with Gasteiger partial charge in [0.2, 0.25) is 0 Å². The molecule has 0 bridgehead atoms. The van der Waals surface area contributed by atoms with Gasteiger partial charge in [-0.1, -0.05) is 0 Å². The fourth-order valence-corrected chi connectivity index (χ4v) is 3.09. The van der Waals surface area contributed by atoms with Crippen LogP contribution in [0, 0.1) is 0 Å². The lowest BCUT2D eigenvalue weighted by atomic mass is 9.88. The molecule has 1 aromatic rings. The van der Waals surface area contributed by atoms with Gasteiger partial charge in [0.05, 0.1) is 7.11 Å². The van der Waals surface area contributed by atoms with Crippen LogP contribution < -0.4 is 4.74 Å². The van der Waals surface area contributed by atoms with Crippen LogP contribution in [0.15, 0.2) is 24.3 Å². The zero-order chi connectivity index (χ0) is 19.5. The van der Waals surface area contributed by atoms with Crippen LogP contribution in [0.5, 0.6) is 5.75 Å². The van der Waals surface area contributed by atoms with Gasteiger partial charge < -0.3 is 14.6 Å². The van der Waals surface area contributed by atoms with E-state index in [1.165, 1.54) is 12.0 Å². The number of hydrogen-bond donors (Lipinski definition) is 1. The highest BCUT2D eigenvalue weighted by Crippen LogP contribution is 2.35. The van der Waals surface area contributed by atoms with E-state index in [1.54, 1.807) is 45.0 Å². The first-order valence-corrected chi connectivity index (χ1v) is 8.50. The second-order valence-electron chi connectivity index (χ2n) is 7.40. The maximum atomic E-state index is 12.7. The molecule has 1 N–H and O–H groups in total. The molecule has 142 valence electrons. The summed E-state index contributed by atoms with van der Waals surface area (Å²) in [5, 5.41) is 9.84. The second kappa shape index (κ2) is 7.35. The molecule has 0 aliphatic carbocycles. The van der Waals surface area contributed by atoms with Crippen molar-refractivity contribution in [1.29, 1.82) is 0 Å². The summed E-state index contributed by atoms with van der Waals surface area (Å²) in [7, 11) is 1.52. The fraction of sp³-hybridized carbons (Fsp3) is 0.526. The Hall–Kier alpha value is -2.57. The zero-order valence-electron chi connectivity index (χ0n) is 15.6. The van der Waals surface area contributed by atoms with Crippen LogP contribution in [0.2, 0.25) is 0 Å². The van der Waals surface area contributed by atoms with Crippen LogP contribution in [0.3, 0.4) is 0 Å². The molecule has 1 fully saturated rings. The lowest BCUT2D eigenvalue weighted by Gasteiger charge is -2.35. The quantitative estimate of drug-likeness (QED) is 0.808. The van der Waals surface area contributed by atoms with Crippen LogP contribution in [-0.2, 0) is 9.53 Å². The third-order valence-electron chi connectivity index (χ3n) is 4.37. The van der Waals surface area contributed by atoms with Crippen molar-refractivity contribution in [1.82, 2.24) is 4.90 Å². The van der Waals surface area contributed by atoms with E-state index in [-0.39, 0.29) is 25.2 Å². The zero-order valence-corrected chi connectivity index (χ0v) is 15.6. The molecular formula is C19H25NO6. The second-order valence-corrected chi connectivity index (χ2v) is 7.40. The maximum Gasteiger partial charge on any atom is 0.411 e. The molecule has 1 aliphatic rings. The van der Waals surface area contributed by atoms with Crippen molar-refractivity contribution in [3.05, 3.63) is 29.8 Å². The van der Waals surface area contributed by atoms with Crippen LogP contribution in [0.1, 0.15) is 50.4 Å². The van der Waals surface area contributed by atoms with E-state index in [9.17, 15) is 19.5 Å². The van der Waals surface area contributed by atoms with Crippen molar-refractivity contribution in [3.8, 4) is 5.75 Å². The number of aliphatic carboxylic acids is 1. The molecule has 1 amide bonds. The minimum atomic E-state index is -1.58. The predicted octanol–water partition coefficient (Wildman–Crippen LogP) is 3.12. The first-order chi connectivity index (χ1) is 12.1. The summed E-state index contributed by atoms with van der Waals surface area (Å²) in [5.41, 5.74) is -1.95. The SMILES string of the molecule is COc1ccc(C(=O)CC2(C(=O)O)CCCN2C(=O)OC(C)(C)C)cc1. The Balaban J connectivity index is 2.26. The standard InChI is InChI=1S/C19H25NO6/c1-18(2,3)26-17(24)20-11-5-10-19(20,16(22)23)12-15(21)13-6-8-14(25-4)9-7-13/h6-9H,5,10-12H2,1-4H3,(H,22,23). The van der Waals surface area contributed by atoms with Gasteiger partial charge in [-0.15, -0.1) is 0 Å². The van der Waals surface area contributed by atoms with Crippen molar-refractivity contribution in [2.24, 2.45) is 0 Å². The summed E-state index contributed by atoms with van der Waals surface area (Å²) in [5.74, 6) is -0.932. The van der Waals surface area contributed by atoms with Gasteiger partial charge in [-0.3, -0.25) is 9.69 Å². The van der Waals surface area contributed by atoms with Crippen LogP contribution in [-0.4, -0.2) is 52.6 Å². The Kier molecular flexibility index (Phi) is 5.59. The molecule has 0 radical (unpaired) electrons. The van der Waals surface area contributed by atoms with E-state index in [2.05, 4.69) is 0 Å². The number of rotatable bonds is 5. The van der Waals surface area contributed by atoms with E-state index in [0.717, 1.165) is 0 Å². The summed E-state index contributed by atoms with van der Waals surface area (Å²) >= 11 is 0. The summed E-state index contributed by atoms with van der Waals surface area (Å²) in [6, 6.07) is 6.45. The Bertz CT molecular complexity index is 691. The molecule has 1 saturated heterocycles. The number of amides is 1. The third-order valence-corrected chi connectivity index (χ3v) is 4.37. The van der Waals surface area contributed by atoms with Gasteiger partial charge in [0, 0.05) is 18.5 Å². The predicted molar refractivity (Wildman–Crippen MR) is 94.5 cm³/mol. The largest absolute Gasteiger partial charge is 0.497 e. The van der Waals surface area contributed by atoms with E-state index < -0.39 is 23.2 Å². The molecule has 0 aromatic heterocycles. The van der Waals surface area contributed by atoms with Crippen molar-refractivity contribution in [2.45, 2.75) is 51.2 Å². The number of hydrogen-bond acceptors (Lipinski definition) is 5. The highest BCUT2D eigenvalue weighted by atomic mass is 16.6. The molecule has 1 aliphatic heterocycles. The number of Topliss-reactive ketones (excluding diaryl/α,β-unsaturated/α-hetero) is 1. The number of carboxylic acid groups (broad SMARTS) is 1. The summed E-state index contributed by atoms with van der Waals surface area (Å²) in [6.07, 6.45) is -0.293. The van der Waals surface area contributed by atoms with Gasteiger partial charge in [-0.2, -0.15) is 0 Å². The fourth-order valence-electron chi connectivity index (χ4n) is 3.09. The van der Waals surface area contributed by atoms with Gasteiger partial charge in [0.1, 0.15) is 11.4 Å². The van der Waals surface area contributed by atoms with Gasteiger partial charge in [0.15, 0.2) is 11.3 Å². The molecule has 0 saturated carbocycles. The van der Waals surface area contributed by atoms with Crippen LogP contribution in [0.4, 0.5) is 4.79 Å². The van der Waals surface area contributed by atoms with Crippen LogP contribution >= 0.6 is 0 Å². The minimum absolute atomic E-state index is 0.212. The Morgan fingerprint density at radius 1 is 1.19 bits per heavy atom. The normalized spacial score (nSPS) is 19.9. The molecule has 0 spiro atoms. The van der Waals surface area contributed by atoms with Crippen molar-refractivity contribution >= 4 is 17.8 Å². The number of benzene rings is 1. The average Bonchev–Trinajstić information content (AvgIpc) is 2.98. The lowest BCUT2D eigenvalue weighted by Crippen LogP contribution is -2.55. The number of carbonyl (C=O) groups excluding carboxylic acids is 2. The number of methoxy groups -OCH3 is 1. The first kappa shape index (κ1) is 19.8. The van der Waals surface area contributed by atoms with E-state index in [4.69, 9.17) is 9.47 Å². The maximum absolute atomic E-state index is 12.7. The molecule has 1 atom stereocenters. The molecule has 7 nitrogen and oxygen atoms in total. The Labute approximate surface area is 152 Å². The summed E-state index contributed by atoms with van der Waals surface area (Å²) in [6.45, 7) is 5.39. The smallest absolute Gasteiger partial charge is 0.411 e. The summed E-state index contributed by atoms with van der Waals surface area (Å²) < 4.78 is 10.4. The first-order valence-electron chi connectivity index (χ1n) is 8.50. The highest BCUT2D eigenvalue weighted by molar-refractivity contribution is 6.01. The van der Waals surface area contributed by atoms with Gasteiger partial charge >= 0.3 is 12.1 Å².